The van der Waals surface area contributed by atoms with Gasteiger partial charge in [-0.05, 0) is 23.3 Å². The lowest BCUT2D eigenvalue weighted by Gasteiger charge is -2.36. The van der Waals surface area contributed by atoms with Gasteiger partial charge in [0, 0.05) is 39.8 Å². The summed E-state index contributed by atoms with van der Waals surface area (Å²) in [6, 6.07) is 10.5. The van der Waals surface area contributed by atoms with E-state index >= 15 is 0 Å². The maximum atomic E-state index is 12.4. The van der Waals surface area contributed by atoms with Gasteiger partial charge >= 0.3 is 6.18 Å². The number of guanidine groups is 1. The van der Waals surface area contributed by atoms with Gasteiger partial charge in [-0.25, -0.2) is 0 Å². The van der Waals surface area contributed by atoms with Crippen LogP contribution in [0.3, 0.4) is 0 Å². The van der Waals surface area contributed by atoms with E-state index in [9.17, 15) is 18.0 Å². The number of ether oxygens (including phenoxy) is 1. The van der Waals surface area contributed by atoms with Gasteiger partial charge < -0.3 is 24.3 Å². The van der Waals surface area contributed by atoms with Crippen molar-refractivity contribution < 1.29 is 27.1 Å². The minimum Gasteiger partial charge on any atom is -0.459 e. The van der Waals surface area contributed by atoms with Crippen LogP contribution < -0.4 is 5.32 Å². The fourth-order valence-electron chi connectivity index (χ4n) is 3.23. The number of hydrogen-bond donors (Lipinski definition) is 1. The number of alkyl halides is 3. The SMILES string of the molecule is CN=C(NCc1ccc(COCC(F)(F)F)cc1)N1CCN(C(=O)c2ccco2)CC1. The highest BCUT2D eigenvalue weighted by atomic mass is 19.4. The van der Waals surface area contributed by atoms with Gasteiger partial charge in [0.1, 0.15) is 6.61 Å². The Hall–Kier alpha value is -3.01. The summed E-state index contributed by atoms with van der Waals surface area (Å²) < 4.78 is 46.3. The Morgan fingerprint density at radius 2 is 1.74 bits per heavy atom. The summed E-state index contributed by atoms with van der Waals surface area (Å²) >= 11 is 0. The van der Waals surface area contributed by atoms with Gasteiger partial charge in [-0.2, -0.15) is 13.2 Å². The van der Waals surface area contributed by atoms with E-state index in [1.807, 2.05) is 12.1 Å². The Bertz CT molecular complexity index is 859. The zero-order valence-corrected chi connectivity index (χ0v) is 17.2. The van der Waals surface area contributed by atoms with E-state index in [1.165, 1.54) is 6.26 Å². The van der Waals surface area contributed by atoms with Crippen LogP contribution in [0, 0.1) is 0 Å². The topological polar surface area (TPSA) is 70.3 Å². The molecule has 0 radical (unpaired) electrons. The number of rotatable bonds is 6. The summed E-state index contributed by atoms with van der Waals surface area (Å²) in [4.78, 5) is 20.5. The Morgan fingerprint density at radius 3 is 2.32 bits per heavy atom. The number of hydrogen-bond acceptors (Lipinski definition) is 4. The molecule has 0 aliphatic carbocycles. The molecule has 2 heterocycles. The Kier molecular flexibility index (Phi) is 7.56. The third-order valence-corrected chi connectivity index (χ3v) is 4.82. The predicted octanol–water partition coefficient (Wildman–Crippen LogP) is 2.89. The van der Waals surface area contributed by atoms with Crippen molar-refractivity contribution in [3.8, 4) is 0 Å². The van der Waals surface area contributed by atoms with Gasteiger partial charge in [-0.3, -0.25) is 9.79 Å². The summed E-state index contributed by atoms with van der Waals surface area (Å²) in [5, 5.41) is 3.28. The van der Waals surface area contributed by atoms with Crippen molar-refractivity contribution in [1.29, 1.82) is 0 Å². The van der Waals surface area contributed by atoms with E-state index in [0.29, 0.717) is 44.0 Å². The average molecular weight is 438 g/mol. The number of carbonyl (C=O) groups excluding carboxylic acids is 1. The summed E-state index contributed by atoms with van der Waals surface area (Å²) in [5.74, 6) is 0.942. The molecular weight excluding hydrogens is 413 g/mol. The second-order valence-corrected chi connectivity index (χ2v) is 7.08. The molecule has 0 atom stereocenters. The fraction of sp³-hybridized carbons (Fsp3) is 0.429. The smallest absolute Gasteiger partial charge is 0.411 e. The molecule has 10 heteroatoms. The minimum atomic E-state index is -4.32. The van der Waals surface area contributed by atoms with E-state index in [-0.39, 0.29) is 12.5 Å². The molecule has 0 spiro atoms. The molecule has 1 fully saturated rings. The predicted molar refractivity (Wildman–Crippen MR) is 109 cm³/mol. The van der Waals surface area contributed by atoms with Crippen LogP contribution >= 0.6 is 0 Å². The molecule has 1 aromatic carbocycles. The molecule has 1 aliphatic heterocycles. The number of halogens is 3. The molecule has 1 aromatic heterocycles. The summed E-state index contributed by atoms with van der Waals surface area (Å²) in [6.45, 7) is 1.58. The van der Waals surface area contributed by atoms with Crippen molar-refractivity contribution in [3.05, 3.63) is 59.5 Å². The third-order valence-electron chi connectivity index (χ3n) is 4.82. The highest BCUT2D eigenvalue weighted by Gasteiger charge is 2.27. The largest absolute Gasteiger partial charge is 0.459 e. The van der Waals surface area contributed by atoms with Crippen LogP contribution in [0.1, 0.15) is 21.7 Å². The second-order valence-electron chi connectivity index (χ2n) is 7.08. The zero-order valence-electron chi connectivity index (χ0n) is 17.2. The van der Waals surface area contributed by atoms with Crippen LogP contribution in [0.4, 0.5) is 13.2 Å². The summed E-state index contributed by atoms with van der Waals surface area (Å²) in [5.41, 5.74) is 1.64. The molecule has 1 aliphatic rings. The van der Waals surface area contributed by atoms with Crippen molar-refractivity contribution in [2.24, 2.45) is 4.99 Å². The first-order chi connectivity index (χ1) is 14.9. The van der Waals surface area contributed by atoms with Crippen LogP contribution in [-0.4, -0.2) is 67.7 Å². The standard InChI is InChI=1S/C21H25F3N4O3/c1-25-20(28-10-8-27(9-11-28)19(29)18-3-2-12-31-18)26-13-16-4-6-17(7-5-16)14-30-15-21(22,23)24/h2-7,12H,8-11,13-15H2,1H3,(H,25,26). The van der Waals surface area contributed by atoms with E-state index in [2.05, 4.69) is 19.9 Å². The van der Waals surface area contributed by atoms with Crippen molar-refractivity contribution in [2.75, 3.05) is 39.8 Å². The highest BCUT2D eigenvalue weighted by Crippen LogP contribution is 2.16. The second kappa shape index (κ2) is 10.3. The van der Waals surface area contributed by atoms with Gasteiger partial charge in [0.25, 0.3) is 5.91 Å². The summed E-state index contributed by atoms with van der Waals surface area (Å²) in [6.07, 6.45) is -2.84. The Labute approximate surface area is 178 Å². The van der Waals surface area contributed by atoms with Crippen LogP contribution in [0.5, 0.6) is 0 Å². The third kappa shape index (κ3) is 6.74. The fourth-order valence-corrected chi connectivity index (χ4v) is 3.23. The molecular formula is C21H25F3N4O3. The quantitative estimate of drug-likeness (QED) is 0.555. The molecule has 0 saturated carbocycles. The van der Waals surface area contributed by atoms with Gasteiger partial charge in [0.05, 0.1) is 12.9 Å². The number of furan rings is 1. The maximum Gasteiger partial charge on any atom is 0.411 e. The minimum absolute atomic E-state index is 0.0874. The summed E-state index contributed by atoms with van der Waals surface area (Å²) in [7, 11) is 1.70. The molecule has 0 bridgehead atoms. The number of piperazine rings is 1. The van der Waals surface area contributed by atoms with Crippen LogP contribution in [0.25, 0.3) is 0 Å². The number of carbonyl (C=O) groups is 1. The first-order valence-electron chi connectivity index (χ1n) is 9.86. The lowest BCUT2D eigenvalue weighted by molar-refractivity contribution is -0.176. The zero-order chi connectivity index (χ0) is 22.3. The van der Waals surface area contributed by atoms with Crippen molar-refractivity contribution in [1.82, 2.24) is 15.1 Å². The number of aliphatic imine (C=N–C) groups is 1. The lowest BCUT2D eigenvalue weighted by Crippen LogP contribution is -2.53. The highest BCUT2D eigenvalue weighted by molar-refractivity contribution is 5.91. The van der Waals surface area contributed by atoms with Gasteiger partial charge in [0.15, 0.2) is 11.7 Å². The van der Waals surface area contributed by atoms with Crippen LogP contribution in [0.2, 0.25) is 0 Å². The normalized spacial score (nSPS) is 15.3. The van der Waals surface area contributed by atoms with Crippen molar-refractivity contribution in [3.63, 3.8) is 0 Å². The van der Waals surface area contributed by atoms with Crippen molar-refractivity contribution in [2.45, 2.75) is 19.3 Å². The first kappa shape index (κ1) is 22.7. The average Bonchev–Trinajstić information content (AvgIpc) is 3.29. The molecule has 3 rings (SSSR count). The molecule has 2 aromatic rings. The Morgan fingerprint density at radius 1 is 1.10 bits per heavy atom. The van der Waals surface area contributed by atoms with Gasteiger partial charge in [-0.15, -0.1) is 0 Å². The number of nitrogens with zero attached hydrogens (tertiary/aromatic N) is 3. The molecule has 7 nitrogen and oxygen atoms in total. The van der Waals surface area contributed by atoms with Crippen molar-refractivity contribution >= 4 is 11.9 Å². The maximum absolute atomic E-state index is 12.4. The van der Waals surface area contributed by atoms with E-state index < -0.39 is 12.8 Å². The van der Waals surface area contributed by atoms with E-state index in [1.54, 1.807) is 36.2 Å². The van der Waals surface area contributed by atoms with Crippen LogP contribution in [0.15, 0.2) is 52.1 Å². The molecule has 0 unspecified atom stereocenters. The molecule has 168 valence electrons. The van der Waals surface area contributed by atoms with Gasteiger partial charge in [0.2, 0.25) is 0 Å². The monoisotopic (exact) mass is 438 g/mol. The van der Waals surface area contributed by atoms with E-state index in [4.69, 9.17) is 4.42 Å². The number of amides is 1. The number of benzene rings is 1. The van der Waals surface area contributed by atoms with Crippen LogP contribution in [-0.2, 0) is 17.9 Å². The van der Waals surface area contributed by atoms with Gasteiger partial charge in [-0.1, -0.05) is 24.3 Å². The Balaban J connectivity index is 1.44. The molecule has 1 N–H and O–H groups in total. The lowest BCUT2D eigenvalue weighted by atomic mass is 10.1. The molecule has 1 saturated heterocycles. The number of nitrogens with one attached hydrogen (secondary N) is 1. The molecule has 1 amide bonds. The first-order valence-corrected chi connectivity index (χ1v) is 9.86. The molecule has 31 heavy (non-hydrogen) atoms. The van der Waals surface area contributed by atoms with E-state index in [0.717, 1.165) is 11.5 Å².